The average molecular weight is 273 g/mol. The summed E-state index contributed by atoms with van der Waals surface area (Å²) >= 11 is 0. The molecule has 1 amide bonds. The molecule has 0 bridgehead atoms. The lowest BCUT2D eigenvalue weighted by atomic mass is 10.0. The number of amides is 1. The van der Waals surface area contributed by atoms with E-state index in [4.69, 9.17) is 15.7 Å². The van der Waals surface area contributed by atoms with Crippen molar-refractivity contribution in [1.82, 2.24) is 4.90 Å². The van der Waals surface area contributed by atoms with Crippen molar-refractivity contribution in [1.29, 1.82) is 5.26 Å². The standard InChI is InChI=1S/C15H19N3O2/c16-10-13-11-18(8-9-20-13)15(19)7-6-14(17)12-4-2-1-3-5-12/h1-5,13-14H,6-9,11,17H2. The first-order valence-electron chi connectivity index (χ1n) is 6.80. The minimum Gasteiger partial charge on any atom is -0.360 e. The molecule has 1 aromatic rings. The summed E-state index contributed by atoms with van der Waals surface area (Å²) in [5, 5.41) is 8.82. The van der Waals surface area contributed by atoms with E-state index in [1.54, 1.807) is 4.90 Å². The van der Waals surface area contributed by atoms with Gasteiger partial charge in [0.25, 0.3) is 0 Å². The van der Waals surface area contributed by atoms with Crippen LogP contribution in [0.2, 0.25) is 0 Å². The zero-order valence-corrected chi connectivity index (χ0v) is 11.4. The van der Waals surface area contributed by atoms with Gasteiger partial charge in [-0.15, -0.1) is 0 Å². The van der Waals surface area contributed by atoms with E-state index in [1.165, 1.54) is 0 Å². The number of benzene rings is 1. The van der Waals surface area contributed by atoms with Crippen LogP contribution in [0.25, 0.3) is 0 Å². The molecule has 2 atom stereocenters. The molecular weight excluding hydrogens is 254 g/mol. The van der Waals surface area contributed by atoms with E-state index >= 15 is 0 Å². The maximum absolute atomic E-state index is 12.1. The second-order valence-corrected chi connectivity index (χ2v) is 4.88. The SMILES string of the molecule is N#CC1CN(C(=O)CCC(N)c2ccccc2)CCO1. The Labute approximate surface area is 118 Å². The number of hydrogen-bond donors (Lipinski definition) is 1. The highest BCUT2D eigenvalue weighted by molar-refractivity contribution is 5.76. The summed E-state index contributed by atoms with van der Waals surface area (Å²) in [6, 6.07) is 11.7. The molecule has 5 nitrogen and oxygen atoms in total. The van der Waals surface area contributed by atoms with Crippen molar-refractivity contribution in [2.45, 2.75) is 25.0 Å². The van der Waals surface area contributed by atoms with Crippen molar-refractivity contribution in [3.63, 3.8) is 0 Å². The maximum Gasteiger partial charge on any atom is 0.222 e. The van der Waals surface area contributed by atoms with Gasteiger partial charge in [0.1, 0.15) is 0 Å². The normalized spacial score (nSPS) is 20.2. The van der Waals surface area contributed by atoms with Crippen LogP contribution in [-0.4, -0.2) is 36.6 Å². The molecule has 106 valence electrons. The van der Waals surface area contributed by atoms with Crippen molar-refractivity contribution in [2.75, 3.05) is 19.7 Å². The lowest BCUT2D eigenvalue weighted by molar-refractivity contribution is -0.137. The van der Waals surface area contributed by atoms with Gasteiger partial charge >= 0.3 is 0 Å². The van der Waals surface area contributed by atoms with Gasteiger partial charge in [-0.2, -0.15) is 5.26 Å². The fraction of sp³-hybridized carbons (Fsp3) is 0.467. The molecule has 20 heavy (non-hydrogen) atoms. The molecule has 0 aromatic heterocycles. The van der Waals surface area contributed by atoms with Gasteiger partial charge in [0.2, 0.25) is 5.91 Å². The van der Waals surface area contributed by atoms with Crippen LogP contribution in [0.1, 0.15) is 24.4 Å². The summed E-state index contributed by atoms with van der Waals surface area (Å²) in [5.74, 6) is 0.0416. The monoisotopic (exact) mass is 273 g/mol. The van der Waals surface area contributed by atoms with Crippen LogP contribution in [0.4, 0.5) is 0 Å². The number of ether oxygens (including phenoxy) is 1. The molecular formula is C15H19N3O2. The van der Waals surface area contributed by atoms with Crippen LogP contribution in [-0.2, 0) is 9.53 Å². The summed E-state index contributed by atoms with van der Waals surface area (Å²) in [4.78, 5) is 13.8. The number of nitrogens with zero attached hydrogens (tertiary/aromatic N) is 2. The Bertz CT molecular complexity index is 484. The van der Waals surface area contributed by atoms with Crippen molar-refractivity contribution < 1.29 is 9.53 Å². The second-order valence-electron chi connectivity index (χ2n) is 4.88. The highest BCUT2D eigenvalue weighted by Crippen LogP contribution is 2.16. The average Bonchev–Trinajstić information content (AvgIpc) is 2.53. The first kappa shape index (κ1) is 14.5. The molecule has 0 aliphatic carbocycles. The van der Waals surface area contributed by atoms with Crippen molar-refractivity contribution in [3.8, 4) is 6.07 Å². The molecule has 2 N–H and O–H groups in total. The van der Waals surface area contributed by atoms with E-state index in [1.807, 2.05) is 36.4 Å². The lowest BCUT2D eigenvalue weighted by Crippen LogP contribution is -2.45. The smallest absolute Gasteiger partial charge is 0.222 e. The third-order valence-electron chi connectivity index (χ3n) is 3.46. The highest BCUT2D eigenvalue weighted by atomic mass is 16.5. The topological polar surface area (TPSA) is 79.4 Å². The number of carbonyl (C=O) groups excluding carboxylic acids is 1. The van der Waals surface area contributed by atoms with Gasteiger partial charge in [-0.1, -0.05) is 30.3 Å². The Balaban J connectivity index is 1.82. The zero-order chi connectivity index (χ0) is 14.4. The van der Waals surface area contributed by atoms with Crippen LogP contribution in [0.5, 0.6) is 0 Å². The van der Waals surface area contributed by atoms with E-state index in [0.717, 1.165) is 5.56 Å². The quantitative estimate of drug-likeness (QED) is 0.894. The second kappa shape index (κ2) is 7.04. The fourth-order valence-electron chi connectivity index (χ4n) is 2.26. The largest absolute Gasteiger partial charge is 0.360 e. The summed E-state index contributed by atoms with van der Waals surface area (Å²) < 4.78 is 5.22. The number of nitriles is 1. The van der Waals surface area contributed by atoms with Gasteiger partial charge < -0.3 is 15.4 Å². The molecule has 1 fully saturated rings. The van der Waals surface area contributed by atoms with Gasteiger partial charge in [-0.3, -0.25) is 4.79 Å². The Kier molecular flexibility index (Phi) is 5.10. The number of nitrogens with two attached hydrogens (primary N) is 1. The van der Waals surface area contributed by atoms with E-state index in [9.17, 15) is 4.79 Å². The van der Waals surface area contributed by atoms with Crippen LogP contribution >= 0.6 is 0 Å². The fourth-order valence-corrected chi connectivity index (χ4v) is 2.26. The molecule has 1 saturated heterocycles. The van der Waals surface area contributed by atoms with Crippen molar-refractivity contribution >= 4 is 5.91 Å². The Morgan fingerprint density at radius 1 is 1.50 bits per heavy atom. The molecule has 1 aliphatic rings. The van der Waals surface area contributed by atoms with E-state index in [2.05, 4.69) is 0 Å². The molecule has 0 saturated carbocycles. The van der Waals surface area contributed by atoms with Crippen LogP contribution < -0.4 is 5.73 Å². The van der Waals surface area contributed by atoms with Gasteiger partial charge in [-0.05, 0) is 12.0 Å². The molecule has 1 aliphatic heterocycles. The first-order valence-corrected chi connectivity index (χ1v) is 6.80. The first-order chi connectivity index (χ1) is 9.70. The van der Waals surface area contributed by atoms with Crippen LogP contribution in [0.3, 0.4) is 0 Å². The molecule has 2 rings (SSSR count). The third-order valence-corrected chi connectivity index (χ3v) is 3.46. The Morgan fingerprint density at radius 2 is 2.25 bits per heavy atom. The van der Waals surface area contributed by atoms with Crippen LogP contribution in [0, 0.1) is 11.3 Å². The number of carbonyl (C=O) groups is 1. The van der Waals surface area contributed by atoms with Crippen molar-refractivity contribution in [3.05, 3.63) is 35.9 Å². The minimum absolute atomic E-state index is 0.0416. The number of hydrogen-bond acceptors (Lipinski definition) is 4. The number of rotatable bonds is 4. The zero-order valence-electron chi connectivity index (χ0n) is 11.4. The van der Waals surface area contributed by atoms with Gasteiger partial charge in [0, 0.05) is 19.0 Å². The molecule has 5 heteroatoms. The van der Waals surface area contributed by atoms with Gasteiger partial charge in [0.05, 0.1) is 19.2 Å². The molecule has 0 radical (unpaired) electrons. The highest BCUT2D eigenvalue weighted by Gasteiger charge is 2.24. The molecule has 1 heterocycles. The van der Waals surface area contributed by atoms with Crippen molar-refractivity contribution in [2.24, 2.45) is 5.73 Å². The summed E-state index contributed by atoms with van der Waals surface area (Å²) in [6.07, 6.45) is 0.501. The van der Waals surface area contributed by atoms with Gasteiger partial charge in [-0.25, -0.2) is 0 Å². The summed E-state index contributed by atoms with van der Waals surface area (Å²) in [7, 11) is 0. The Hall–Kier alpha value is -1.90. The Morgan fingerprint density at radius 3 is 2.95 bits per heavy atom. The molecule has 1 aromatic carbocycles. The third kappa shape index (κ3) is 3.80. The van der Waals surface area contributed by atoms with E-state index in [0.29, 0.717) is 32.5 Å². The predicted molar refractivity (Wildman–Crippen MR) is 74.5 cm³/mol. The summed E-state index contributed by atoms with van der Waals surface area (Å²) in [6.45, 7) is 1.34. The van der Waals surface area contributed by atoms with Crippen LogP contribution in [0.15, 0.2) is 30.3 Å². The summed E-state index contributed by atoms with van der Waals surface area (Å²) in [5.41, 5.74) is 7.12. The molecule has 0 spiro atoms. The van der Waals surface area contributed by atoms with E-state index < -0.39 is 6.10 Å². The van der Waals surface area contributed by atoms with E-state index in [-0.39, 0.29) is 11.9 Å². The maximum atomic E-state index is 12.1. The predicted octanol–water partition coefficient (Wildman–Crippen LogP) is 1.22. The number of morpholine rings is 1. The lowest BCUT2D eigenvalue weighted by Gasteiger charge is -2.30. The molecule has 2 unspecified atom stereocenters. The minimum atomic E-state index is -0.504. The van der Waals surface area contributed by atoms with Gasteiger partial charge in [0.15, 0.2) is 6.10 Å².